The first-order valence-electron chi connectivity index (χ1n) is 5.27. The molecule has 0 aliphatic heterocycles. The molecular weight excluding hydrogens is 243 g/mol. The van der Waals surface area contributed by atoms with Crippen molar-refractivity contribution in [3.63, 3.8) is 0 Å². The lowest BCUT2D eigenvalue weighted by Gasteiger charge is -2.15. The molecule has 90 valence electrons. The van der Waals surface area contributed by atoms with Crippen molar-refractivity contribution < 1.29 is 4.39 Å². The van der Waals surface area contributed by atoms with Crippen LogP contribution in [0.25, 0.3) is 0 Å². The van der Waals surface area contributed by atoms with E-state index in [1.807, 2.05) is 6.92 Å². The number of imidazole rings is 1. The summed E-state index contributed by atoms with van der Waals surface area (Å²) in [5.74, 6) is 0.462. The number of H-pyrrole nitrogens is 1. The molecule has 2 N–H and O–H groups in total. The van der Waals surface area contributed by atoms with Crippen molar-refractivity contribution in [2.75, 3.05) is 5.32 Å². The molecule has 2 aromatic heterocycles. The van der Waals surface area contributed by atoms with Gasteiger partial charge in [0.05, 0.1) is 11.1 Å². The Morgan fingerprint density at radius 1 is 1.53 bits per heavy atom. The molecule has 0 radical (unpaired) electrons. The van der Waals surface area contributed by atoms with E-state index in [0.717, 1.165) is 12.2 Å². The number of hydrogen-bond acceptors (Lipinski definition) is 3. The molecule has 2 aromatic rings. The third-order valence-electron chi connectivity index (χ3n) is 2.38. The summed E-state index contributed by atoms with van der Waals surface area (Å²) in [5.41, 5.74) is 0. The van der Waals surface area contributed by atoms with Crippen molar-refractivity contribution in [2.45, 2.75) is 19.4 Å². The monoisotopic (exact) mass is 254 g/mol. The third kappa shape index (κ3) is 2.74. The van der Waals surface area contributed by atoms with Crippen LogP contribution in [0, 0.1) is 5.82 Å². The van der Waals surface area contributed by atoms with Crippen molar-refractivity contribution in [2.24, 2.45) is 0 Å². The van der Waals surface area contributed by atoms with Crippen LogP contribution in [0.5, 0.6) is 0 Å². The Bertz CT molecular complexity index is 486. The number of halogens is 2. The topological polar surface area (TPSA) is 53.6 Å². The van der Waals surface area contributed by atoms with Gasteiger partial charge >= 0.3 is 0 Å². The number of hydrogen-bond donors (Lipinski definition) is 2. The molecule has 6 heteroatoms. The van der Waals surface area contributed by atoms with Crippen LogP contribution in [0.1, 0.15) is 25.2 Å². The summed E-state index contributed by atoms with van der Waals surface area (Å²) < 4.78 is 13.5. The van der Waals surface area contributed by atoms with Crippen LogP contribution in [-0.4, -0.2) is 15.0 Å². The summed E-state index contributed by atoms with van der Waals surface area (Å²) in [5, 5.41) is 3.27. The average molecular weight is 255 g/mol. The Morgan fingerprint density at radius 2 is 2.35 bits per heavy atom. The summed E-state index contributed by atoms with van der Waals surface area (Å²) in [6.07, 6.45) is 5.55. The van der Waals surface area contributed by atoms with Gasteiger partial charge in [0.15, 0.2) is 11.6 Å². The lowest BCUT2D eigenvalue weighted by Crippen LogP contribution is -2.13. The van der Waals surface area contributed by atoms with Gasteiger partial charge in [-0.05, 0) is 12.5 Å². The van der Waals surface area contributed by atoms with E-state index in [1.54, 1.807) is 12.4 Å². The lowest BCUT2D eigenvalue weighted by atomic mass is 10.2. The van der Waals surface area contributed by atoms with Gasteiger partial charge in [0.1, 0.15) is 5.82 Å². The fraction of sp³-hybridized carbons (Fsp3) is 0.273. The number of rotatable bonds is 4. The van der Waals surface area contributed by atoms with E-state index in [1.165, 1.54) is 12.3 Å². The van der Waals surface area contributed by atoms with Crippen LogP contribution in [0.15, 0.2) is 24.7 Å². The Labute approximate surface area is 103 Å². The van der Waals surface area contributed by atoms with Gasteiger partial charge in [0, 0.05) is 18.6 Å². The predicted molar refractivity (Wildman–Crippen MR) is 64.4 cm³/mol. The number of pyridine rings is 1. The van der Waals surface area contributed by atoms with Crippen molar-refractivity contribution in [1.29, 1.82) is 0 Å². The molecule has 0 saturated carbocycles. The van der Waals surface area contributed by atoms with Crippen LogP contribution < -0.4 is 5.32 Å². The second-order valence-electron chi connectivity index (χ2n) is 3.56. The highest BCUT2D eigenvalue weighted by atomic mass is 35.5. The zero-order chi connectivity index (χ0) is 12.3. The Balaban J connectivity index is 2.19. The van der Waals surface area contributed by atoms with Gasteiger partial charge in [0.2, 0.25) is 0 Å². The molecule has 0 fully saturated rings. The van der Waals surface area contributed by atoms with Crippen molar-refractivity contribution in [1.82, 2.24) is 15.0 Å². The van der Waals surface area contributed by atoms with E-state index in [0.29, 0.717) is 0 Å². The van der Waals surface area contributed by atoms with E-state index >= 15 is 0 Å². The maximum Gasteiger partial charge on any atom is 0.166 e. The Hall–Kier alpha value is -1.62. The molecule has 2 heterocycles. The molecule has 0 aromatic carbocycles. The van der Waals surface area contributed by atoms with Gasteiger partial charge in [-0.15, -0.1) is 0 Å². The molecule has 0 spiro atoms. The van der Waals surface area contributed by atoms with E-state index in [4.69, 9.17) is 11.6 Å². The van der Waals surface area contributed by atoms with Gasteiger partial charge < -0.3 is 10.3 Å². The minimum atomic E-state index is -0.470. The maximum atomic E-state index is 13.5. The van der Waals surface area contributed by atoms with Crippen LogP contribution in [0.4, 0.5) is 10.2 Å². The molecule has 0 saturated heterocycles. The number of nitrogens with zero attached hydrogens (tertiary/aromatic N) is 2. The molecule has 0 aliphatic rings. The molecule has 0 bridgehead atoms. The minimum Gasteiger partial charge on any atom is -0.358 e. The predicted octanol–water partition coefficient (Wildman–Crippen LogP) is 3.16. The van der Waals surface area contributed by atoms with E-state index in [2.05, 4.69) is 20.3 Å². The Kier molecular flexibility index (Phi) is 3.58. The average Bonchev–Trinajstić information content (AvgIpc) is 2.81. The normalized spacial score (nSPS) is 12.4. The standard InChI is InChI=1S/C11H12ClFN4/c1-2-9(11-14-3-4-15-11)17-10-8(13)5-7(12)6-16-10/h3-6,9H,2H2,1H3,(H,14,15)(H,16,17). The van der Waals surface area contributed by atoms with E-state index in [9.17, 15) is 4.39 Å². The van der Waals surface area contributed by atoms with Gasteiger partial charge in [-0.25, -0.2) is 14.4 Å². The molecule has 1 atom stereocenters. The van der Waals surface area contributed by atoms with Crippen molar-refractivity contribution in [3.8, 4) is 0 Å². The summed E-state index contributed by atoms with van der Waals surface area (Å²) >= 11 is 5.64. The largest absolute Gasteiger partial charge is 0.358 e. The summed E-state index contributed by atoms with van der Waals surface area (Å²) in [6.45, 7) is 1.98. The van der Waals surface area contributed by atoms with Crippen LogP contribution in [-0.2, 0) is 0 Å². The summed E-state index contributed by atoms with van der Waals surface area (Å²) in [6, 6.07) is 1.12. The number of aromatic nitrogens is 3. The Morgan fingerprint density at radius 3 is 2.94 bits per heavy atom. The molecule has 0 aliphatic carbocycles. The first kappa shape index (κ1) is 11.9. The quantitative estimate of drug-likeness (QED) is 0.881. The fourth-order valence-corrected chi connectivity index (χ4v) is 1.66. The van der Waals surface area contributed by atoms with Crippen LogP contribution in [0.2, 0.25) is 5.02 Å². The molecule has 2 rings (SSSR count). The second-order valence-corrected chi connectivity index (χ2v) is 4.00. The van der Waals surface area contributed by atoms with Gasteiger partial charge in [-0.1, -0.05) is 18.5 Å². The van der Waals surface area contributed by atoms with E-state index in [-0.39, 0.29) is 16.9 Å². The highest BCUT2D eigenvalue weighted by Crippen LogP contribution is 2.22. The smallest absolute Gasteiger partial charge is 0.166 e. The SMILES string of the molecule is CCC(Nc1ncc(Cl)cc1F)c1ncc[nH]1. The summed E-state index contributed by atoms with van der Waals surface area (Å²) in [4.78, 5) is 11.0. The number of aromatic amines is 1. The van der Waals surface area contributed by atoms with Gasteiger partial charge in [0.25, 0.3) is 0 Å². The minimum absolute atomic E-state index is 0.104. The van der Waals surface area contributed by atoms with Crippen LogP contribution in [0.3, 0.4) is 0 Å². The molecule has 4 nitrogen and oxygen atoms in total. The third-order valence-corrected chi connectivity index (χ3v) is 2.58. The maximum absolute atomic E-state index is 13.5. The lowest BCUT2D eigenvalue weighted by molar-refractivity contribution is 0.613. The molecule has 1 unspecified atom stereocenters. The summed E-state index contributed by atoms with van der Waals surface area (Å²) in [7, 11) is 0. The second kappa shape index (κ2) is 5.14. The van der Waals surface area contributed by atoms with Crippen molar-refractivity contribution >= 4 is 17.4 Å². The first-order valence-corrected chi connectivity index (χ1v) is 5.65. The fourth-order valence-electron chi connectivity index (χ4n) is 1.52. The zero-order valence-electron chi connectivity index (χ0n) is 9.24. The molecule has 17 heavy (non-hydrogen) atoms. The molecular formula is C11H12ClFN4. The van der Waals surface area contributed by atoms with Crippen LogP contribution >= 0.6 is 11.6 Å². The van der Waals surface area contributed by atoms with Crippen molar-refractivity contribution in [3.05, 3.63) is 41.3 Å². The number of anilines is 1. The zero-order valence-corrected chi connectivity index (χ0v) is 10.0. The number of nitrogens with one attached hydrogen (secondary N) is 2. The highest BCUT2D eigenvalue weighted by Gasteiger charge is 2.14. The van der Waals surface area contributed by atoms with Gasteiger partial charge in [-0.2, -0.15) is 0 Å². The highest BCUT2D eigenvalue weighted by molar-refractivity contribution is 6.30. The van der Waals surface area contributed by atoms with Gasteiger partial charge in [-0.3, -0.25) is 0 Å². The van der Waals surface area contributed by atoms with E-state index < -0.39 is 5.82 Å². The molecule has 0 amide bonds. The first-order chi connectivity index (χ1) is 8.20.